The number of aryl methyl sites for hydroxylation is 2. The van der Waals surface area contributed by atoms with E-state index in [2.05, 4.69) is 58.1 Å². The van der Waals surface area contributed by atoms with Gasteiger partial charge in [0.25, 0.3) is 0 Å². The van der Waals surface area contributed by atoms with Crippen LogP contribution in [0.5, 0.6) is 0 Å². The Kier molecular flexibility index (Phi) is 5.17. The Morgan fingerprint density at radius 1 is 1.05 bits per heavy atom. The van der Waals surface area contributed by atoms with Crippen molar-refractivity contribution in [3.8, 4) is 0 Å². The van der Waals surface area contributed by atoms with Gasteiger partial charge in [-0.15, -0.1) is 0 Å². The van der Waals surface area contributed by atoms with E-state index in [4.69, 9.17) is 0 Å². The zero-order valence-electron chi connectivity index (χ0n) is 13.3. The van der Waals surface area contributed by atoms with E-state index in [0.29, 0.717) is 6.42 Å². The molecular formula is C17H29NO. The molecule has 1 rings (SSSR count). The van der Waals surface area contributed by atoms with E-state index in [1.807, 2.05) is 6.92 Å². The predicted molar refractivity (Wildman–Crippen MR) is 82.6 cm³/mol. The summed E-state index contributed by atoms with van der Waals surface area (Å²) >= 11 is 0. The Labute approximate surface area is 118 Å². The van der Waals surface area contributed by atoms with E-state index >= 15 is 0 Å². The van der Waals surface area contributed by atoms with Gasteiger partial charge >= 0.3 is 0 Å². The van der Waals surface area contributed by atoms with Gasteiger partial charge in [0.05, 0.1) is 5.60 Å². The van der Waals surface area contributed by atoms with E-state index < -0.39 is 5.60 Å². The van der Waals surface area contributed by atoms with Crippen LogP contribution in [-0.4, -0.2) is 22.8 Å². The summed E-state index contributed by atoms with van der Waals surface area (Å²) in [6.45, 7) is 13.4. The maximum atomic E-state index is 10.5. The van der Waals surface area contributed by atoms with Gasteiger partial charge in [-0.1, -0.05) is 18.2 Å². The van der Waals surface area contributed by atoms with Crippen LogP contribution in [0.15, 0.2) is 18.2 Å². The summed E-state index contributed by atoms with van der Waals surface area (Å²) in [5, 5.41) is 13.9. The zero-order chi connectivity index (χ0) is 14.7. The molecule has 0 spiro atoms. The normalized spacial score (nSPS) is 15.3. The molecule has 0 saturated heterocycles. The van der Waals surface area contributed by atoms with E-state index in [0.717, 1.165) is 13.0 Å². The van der Waals surface area contributed by atoms with Crippen molar-refractivity contribution < 1.29 is 5.11 Å². The molecule has 0 fully saturated rings. The van der Waals surface area contributed by atoms with Crippen molar-refractivity contribution in [3.63, 3.8) is 0 Å². The van der Waals surface area contributed by atoms with Gasteiger partial charge < -0.3 is 10.4 Å². The number of benzene rings is 1. The number of aliphatic hydroxyl groups is 1. The van der Waals surface area contributed by atoms with Crippen LogP contribution in [0.25, 0.3) is 0 Å². The van der Waals surface area contributed by atoms with Crippen molar-refractivity contribution in [2.45, 2.75) is 65.5 Å². The van der Waals surface area contributed by atoms with Crippen molar-refractivity contribution in [3.05, 3.63) is 34.9 Å². The van der Waals surface area contributed by atoms with Crippen LogP contribution in [0.4, 0.5) is 0 Å². The highest BCUT2D eigenvalue weighted by atomic mass is 16.3. The largest absolute Gasteiger partial charge is 0.390 e. The first-order valence-corrected chi connectivity index (χ1v) is 7.13. The average molecular weight is 263 g/mol. The maximum absolute atomic E-state index is 10.5. The summed E-state index contributed by atoms with van der Waals surface area (Å²) in [6, 6.07) is 6.43. The Morgan fingerprint density at radius 3 is 2.21 bits per heavy atom. The van der Waals surface area contributed by atoms with Crippen LogP contribution in [0.2, 0.25) is 0 Å². The fourth-order valence-electron chi connectivity index (χ4n) is 2.15. The van der Waals surface area contributed by atoms with Crippen LogP contribution in [0.1, 0.15) is 50.8 Å². The molecule has 1 unspecified atom stereocenters. The lowest BCUT2D eigenvalue weighted by Crippen LogP contribution is -2.40. The van der Waals surface area contributed by atoms with E-state index in [1.165, 1.54) is 16.7 Å². The highest BCUT2D eigenvalue weighted by molar-refractivity contribution is 5.30. The fourth-order valence-corrected chi connectivity index (χ4v) is 2.15. The van der Waals surface area contributed by atoms with Crippen LogP contribution in [0.3, 0.4) is 0 Å². The standard InChI is InChI=1S/C17H29NO/c1-13-7-8-15(11-14(13)2)12-17(6,19)9-10-18-16(3,4)5/h7-8,11,18-19H,9-10,12H2,1-6H3. The molecule has 19 heavy (non-hydrogen) atoms. The van der Waals surface area contributed by atoms with Crippen molar-refractivity contribution >= 4 is 0 Å². The third-order valence-corrected chi connectivity index (χ3v) is 3.48. The molecular weight excluding hydrogens is 234 g/mol. The Balaban J connectivity index is 2.56. The summed E-state index contributed by atoms with van der Waals surface area (Å²) in [7, 11) is 0. The molecule has 2 heteroatoms. The first-order chi connectivity index (χ1) is 8.59. The second kappa shape index (κ2) is 6.06. The van der Waals surface area contributed by atoms with Crippen molar-refractivity contribution in [1.82, 2.24) is 5.32 Å². The number of hydrogen-bond acceptors (Lipinski definition) is 2. The second-order valence-electron chi connectivity index (χ2n) is 7.02. The lowest BCUT2D eigenvalue weighted by Gasteiger charge is -2.27. The molecule has 0 aromatic heterocycles. The highest BCUT2D eigenvalue weighted by Gasteiger charge is 2.21. The fraction of sp³-hybridized carbons (Fsp3) is 0.647. The number of hydrogen-bond donors (Lipinski definition) is 2. The van der Waals surface area contributed by atoms with Crippen molar-refractivity contribution in [2.24, 2.45) is 0 Å². The zero-order valence-corrected chi connectivity index (χ0v) is 13.3. The van der Waals surface area contributed by atoms with Crippen molar-refractivity contribution in [2.75, 3.05) is 6.54 Å². The van der Waals surface area contributed by atoms with E-state index in [9.17, 15) is 5.11 Å². The second-order valence-corrected chi connectivity index (χ2v) is 7.02. The van der Waals surface area contributed by atoms with E-state index in [1.54, 1.807) is 0 Å². The minimum Gasteiger partial charge on any atom is -0.390 e. The third kappa shape index (κ3) is 6.22. The smallest absolute Gasteiger partial charge is 0.0672 e. The quantitative estimate of drug-likeness (QED) is 0.853. The molecule has 0 radical (unpaired) electrons. The molecule has 0 aliphatic heterocycles. The summed E-state index contributed by atoms with van der Waals surface area (Å²) in [5.74, 6) is 0. The van der Waals surface area contributed by atoms with Gasteiger partial charge in [-0.25, -0.2) is 0 Å². The minimum absolute atomic E-state index is 0.108. The van der Waals surface area contributed by atoms with Gasteiger partial charge in [0, 0.05) is 12.0 Å². The number of nitrogens with one attached hydrogen (secondary N) is 1. The van der Waals surface area contributed by atoms with Crippen LogP contribution in [0, 0.1) is 13.8 Å². The topological polar surface area (TPSA) is 32.3 Å². The van der Waals surface area contributed by atoms with Gasteiger partial charge in [-0.05, 0) is 71.2 Å². The maximum Gasteiger partial charge on any atom is 0.0672 e. The number of rotatable bonds is 5. The molecule has 2 N–H and O–H groups in total. The van der Waals surface area contributed by atoms with Gasteiger partial charge in [0.1, 0.15) is 0 Å². The monoisotopic (exact) mass is 263 g/mol. The molecule has 0 aliphatic carbocycles. The highest BCUT2D eigenvalue weighted by Crippen LogP contribution is 2.19. The molecule has 2 nitrogen and oxygen atoms in total. The lowest BCUT2D eigenvalue weighted by atomic mass is 9.91. The SMILES string of the molecule is Cc1ccc(CC(C)(O)CCNC(C)(C)C)cc1C. The molecule has 1 aromatic carbocycles. The van der Waals surface area contributed by atoms with Crippen LogP contribution in [-0.2, 0) is 6.42 Å². The molecule has 0 amide bonds. The predicted octanol–water partition coefficient (Wildman–Crippen LogP) is 3.38. The molecule has 1 atom stereocenters. The van der Waals surface area contributed by atoms with Crippen molar-refractivity contribution in [1.29, 1.82) is 0 Å². The Bertz CT molecular complexity index is 416. The van der Waals surface area contributed by atoms with Gasteiger partial charge in [-0.3, -0.25) is 0 Å². The molecule has 108 valence electrons. The third-order valence-electron chi connectivity index (χ3n) is 3.48. The Hall–Kier alpha value is -0.860. The Morgan fingerprint density at radius 2 is 1.68 bits per heavy atom. The van der Waals surface area contributed by atoms with Gasteiger partial charge in [-0.2, -0.15) is 0 Å². The lowest BCUT2D eigenvalue weighted by molar-refractivity contribution is 0.0499. The summed E-state index contributed by atoms with van der Waals surface area (Å²) < 4.78 is 0. The van der Waals surface area contributed by atoms with E-state index in [-0.39, 0.29) is 5.54 Å². The first-order valence-electron chi connectivity index (χ1n) is 7.13. The molecule has 0 aliphatic rings. The first kappa shape index (κ1) is 16.2. The summed E-state index contributed by atoms with van der Waals surface area (Å²) in [6.07, 6.45) is 1.47. The molecule has 1 aromatic rings. The average Bonchev–Trinajstić information content (AvgIpc) is 2.20. The van der Waals surface area contributed by atoms with Gasteiger partial charge in [0.15, 0.2) is 0 Å². The minimum atomic E-state index is -0.653. The van der Waals surface area contributed by atoms with Gasteiger partial charge in [0.2, 0.25) is 0 Å². The summed E-state index contributed by atoms with van der Waals surface area (Å²) in [5.41, 5.74) is 3.26. The molecule has 0 saturated carbocycles. The molecule has 0 heterocycles. The summed E-state index contributed by atoms with van der Waals surface area (Å²) in [4.78, 5) is 0. The molecule has 0 bridgehead atoms. The van der Waals surface area contributed by atoms with Crippen LogP contribution >= 0.6 is 0 Å². The van der Waals surface area contributed by atoms with Crippen LogP contribution < -0.4 is 5.32 Å².